The SMILES string of the molecule is Cn1cccc1CC(=O)N1CCC[C@H]1C(=O)Nc1ccc(C=Cc2ccc(NC(=O)[C@@H]3CCCN3C(=O)Cc3cccn3C)cc2)cc1. The summed E-state index contributed by atoms with van der Waals surface area (Å²) in [6, 6.07) is 21.9. The molecule has 2 N–H and O–H groups in total. The van der Waals surface area contributed by atoms with Crippen LogP contribution < -0.4 is 10.6 Å². The van der Waals surface area contributed by atoms with E-state index in [4.69, 9.17) is 0 Å². The summed E-state index contributed by atoms with van der Waals surface area (Å²) in [5.41, 5.74) is 5.15. The fourth-order valence-corrected chi connectivity index (χ4v) is 6.55. The third kappa shape index (κ3) is 7.60. The van der Waals surface area contributed by atoms with E-state index in [2.05, 4.69) is 10.6 Å². The first kappa shape index (κ1) is 32.6. The molecule has 248 valence electrons. The first-order valence-electron chi connectivity index (χ1n) is 16.5. The average molecular weight is 647 g/mol. The molecular weight excluding hydrogens is 604 g/mol. The maximum absolute atomic E-state index is 13.1. The number of aromatic nitrogens is 2. The fraction of sp³-hybridized carbons (Fsp3) is 0.316. The number of nitrogens with one attached hydrogen (secondary N) is 2. The molecule has 2 aliphatic heterocycles. The Morgan fingerprint density at radius 1 is 0.625 bits per heavy atom. The van der Waals surface area contributed by atoms with Gasteiger partial charge in [-0.25, -0.2) is 0 Å². The molecular formula is C38H42N6O4. The van der Waals surface area contributed by atoms with Crippen molar-refractivity contribution in [2.24, 2.45) is 14.1 Å². The Hall–Kier alpha value is -5.38. The molecule has 10 nitrogen and oxygen atoms in total. The summed E-state index contributed by atoms with van der Waals surface area (Å²) >= 11 is 0. The van der Waals surface area contributed by atoms with Crippen molar-refractivity contribution in [1.29, 1.82) is 0 Å². The van der Waals surface area contributed by atoms with Crippen LogP contribution in [0.25, 0.3) is 12.2 Å². The molecule has 4 aromatic rings. The smallest absolute Gasteiger partial charge is 0.247 e. The molecule has 0 bridgehead atoms. The Bertz CT molecular complexity index is 1670. The summed E-state index contributed by atoms with van der Waals surface area (Å²) < 4.78 is 3.86. The van der Waals surface area contributed by atoms with Crippen molar-refractivity contribution in [3.63, 3.8) is 0 Å². The molecule has 2 aromatic carbocycles. The minimum Gasteiger partial charge on any atom is -0.354 e. The van der Waals surface area contributed by atoms with Crippen LogP contribution in [0.5, 0.6) is 0 Å². The van der Waals surface area contributed by atoms with E-state index >= 15 is 0 Å². The number of benzene rings is 2. The molecule has 0 unspecified atom stereocenters. The lowest BCUT2D eigenvalue weighted by atomic mass is 10.1. The zero-order chi connectivity index (χ0) is 33.6. The Kier molecular flexibility index (Phi) is 9.89. The number of amides is 4. The van der Waals surface area contributed by atoms with Gasteiger partial charge in [0.15, 0.2) is 0 Å². The lowest BCUT2D eigenvalue weighted by Crippen LogP contribution is -2.44. The highest BCUT2D eigenvalue weighted by Gasteiger charge is 2.35. The minimum atomic E-state index is -0.468. The predicted octanol–water partition coefficient (Wildman–Crippen LogP) is 4.88. The normalized spacial score (nSPS) is 17.6. The maximum Gasteiger partial charge on any atom is 0.247 e. The van der Waals surface area contributed by atoms with Gasteiger partial charge in [-0.15, -0.1) is 0 Å². The zero-order valence-corrected chi connectivity index (χ0v) is 27.5. The second kappa shape index (κ2) is 14.6. The second-order valence-electron chi connectivity index (χ2n) is 12.6. The van der Waals surface area contributed by atoms with Crippen molar-refractivity contribution in [3.05, 3.63) is 108 Å². The number of hydrogen-bond acceptors (Lipinski definition) is 4. The van der Waals surface area contributed by atoms with Crippen LogP contribution >= 0.6 is 0 Å². The fourth-order valence-electron chi connectivity index (χ4n) is 6.55. The van der Waals surface area contributed by atoms with Crippen LogP contribution in [-0.2, 0) is 46.1 Å². The molecule has 0 radical (unpaired) electrons. The van der Waals surface area contributed by atoms with Gasteiger partial charge in [-0.2, -0.15) is 0 Å². The molecule has 0 saturated carbocycles. The maximum atomic E-state index is 13.1. The number of carbonyl (C=O) groups excluding carboxylic acids is 4. The molecule has 4 heterocycles. The van der Waals surface area contributed by atoms with Crippen molar-refractivity contribution in [2.75, 3.05) is 23.7 Å². The van der Waals surface area contributed by atoms with E-state index < -0.39 is 12.1 Å². The summed E-state index contributed by atoms with van der Waals surface area (Å²) in [5.74, 6) is -0.390. The van der Waals surface area contributed by atoms with Crippen LogP contribution in [0.3, 0.4) is 0 Å². The van der Waals surface area contributed by atoms with Crippen molar-refractivity contribution in [1.82, 2.24) is 18.9 Å². The van der Waals surface area contributed by atoms with Gasteiger partial charge in [0.05, 0.1) is 12.8 Å². The molecule has 2 aliphatic rings. The van der Waals surface area contributed by atoms with Gasteiger partial charge < -0.3 is 29.6 Å². The third-order valence-electron chi connectivity index (χ3n) is 9.34. The Labute approximate surface area is 281 Å². The van der Waals surface area contributed by atoms with E-state index in [1.807, 2.05) is 121 Å². The lowest BCUT2D eigenvalue weighted by molar-refractivity contribution is -0.136. The highest BCUT2D eigenvalue weighted by Crippen LogP contribution is 2.23. The number of rotatable bonds is 10. The van der Waals surface area contributed by atoms with Crippen LogP contribution in [0.1, 0.15) is 48.2 Å². The molecule has 48 heavy (non-hydrogen) atoms. The van der Waals surface area contributed by atoms with Gasteiger partial charge in [0, 0.05) is 62.3 Å². The summed E-state index contributed by atoms with van der Waals surface area (Å²) in [4.78, 5) is 55.6. The molecule has 2 fully saturated rings. The molecule has 2 aromatic heterocycles. The highest BCUT2D eigenvalue weighted by molar-refractivity contribution is 5.98. The quantitative estimate of drug-likeness (QED) is 0.240. The van der Waals surface area contributed by atoms with E-state index in [1.165, 1.54) is 0 Å². The molecule has 0 spiro atoms. The molecule has 10 heteroatoms. The number of nitrogens with zero attached hydrogens (tertiary/aromatic N) is 4. The molecule has 2 saturated heterocycles. The van der Waals surface area contributed by atoms with Crippen LogP contribution in [-0.4, -0.2) is 67.7 Å². The first-order chi connectivity index (χ1) is 23.2. The zero-order valence-electron chi connectivity index (χ0n) is 27.5. The van der Waals surface area contributed by atoms with Crippen molar-refractivity contribution >= 4 is 47.2 Å². The topological polar surface area (TPSA) is 109 Å². The summed E-state index contributed by atoms with van der Waals surface area (Å²) in [6.07, 6.45) is 11.3. The monoisotopic (exact) mass is 646 g/mol. The number of carbonyl (C=O) groups is 4. The van der Waals surface area contributed by atoms with Crippen molar-refractivity contribution in [2.45, 2.75) is 50.6 Å². The van der Waals surface area contributed by atoms with Crippen molar-refractivity contribution < 1.29 is 19.2 Å². The molecule has 2 atom stereocenters. The molecule has 0 aliphatic carbocycles. The van der Waals surface area contributed by atoms with Gasteiger partial charge in [0.2, 0.25) is 23.6 Å². The van der Waals surface area contributed by atoms with E-state index in [1.54, 1.807) is 9.80 Å². The van der Waals surface area contributed by atoms with Gasteiger partial charge in [0.25, 0.3) is 0 Å². The largest absolute Gasteiger partial charge is 0.354 e. The third-order valence-corrected chi connectivity index (χ3v) is 9.34. The van der Waals surface area contributed by atoms with Gasteiger partial charge >= 0.3 is 0 Å². The molecule has 6 rings (SSSR count). The van der Waals surface area contributed by atoms with Crippen LogP contribution in [0.4, 0.5) is 11.4 Å². The number of anilines is 2. The summed E-state index contributed by atoms with van der Waals surface area (Å²) in [6.45, 7) is 1.18. The van der Waals surface area contributed by atoms with Gasteiger partial charge in [0.1, 0.15) is 12.1 Å². The van der Waals surface area contributed by atoms with Crippen molar-refractivity contribution in [3.8, 4) is 0 Å². The minimum absolute atomic E-state index is 0.0308. The van der Waals surface area contributed by atoms with Crippen LogP contribution in [0, 0.1) is 0 Å². The van der Waals surface area contributed by atoms with E-state index in [-0.39, 0.29) is 36.5 Å². The van der Waals surface area contributed by atoms with Crippen LogP contribution in [0.15, 0.2) is 85.2 Å². The number of hydrogen-bond donors (Lipinski definition) is 2. The standard InChI is InChI=1S/C38H42N6O4/c1-41-21-3-7-31(41)25-35(45)43-23-5-9-33(43)37(47)39-29-17-13-27(14-18-29)11-12-28-15-19-30(20-16-28)40-38(48)34-10-6-24-44(34)36(46)26-32-8-4-22-42(32)2/h3-4,7-8,11-22,33-34H,5-6,9-10,23-26H2,1-2H3,(H,39,47)(H,40,48)/t33-,34-/m0/s1. The number of aryl methyl sites for hydroxylation is 2. The van der Waals surface area contributed by atoms with Gasteiger partial charge in [-0.3, -0.25) is 19.2 Å². The number of likely N-dealkylation sites (tertiary alicyclic amines) is 2. The Balaban J connectivity index is 0.988. The van der Waals surface area contributed by atoms with Gasteiger partial charge in [-0.1, -0.05) is 36.4 Å². The summed E-state index contributed by atoms with van der Waals surface area (Å²) in [7, 11) is 3.83. The van der Waals surface area contributed by atoms with Crippen LogP contribution in [0.2, 0.25) is 0 Å². The predicted molar refractivity (Wildman–Crippen MR) is 187 cm³/mol. The molecule has 4 amide bonds. The first-order valence-corrected chi connectivity index (χ1v) is 16.5. The van der Waals surface area contributed by atoms with E-state index in [9.17, 15) is 19.2 Å². The highest BCUT2D eigenvalue weighted by atomic mass is 16.2. The lowest BCUT2D eigenvalue weighted by Gasteiger charge is -2.24. The Morgan fingerprint density at radius 2 is 1.02 bits per heavy atom. The second-order valence-corrected chi connectivity index (χ2v) is 12.6. The van der Waals surface area contributed by atoms with Gasteiger partial charge in [-0.05, 0) is 85.3 Å². The van der Waals surface area contributed by atoms with E-state index in [0.717, 1.165) is 35.4 Å². The average Bonchev–Trinajstić information content (AvgIpc) is 3.91. The Morgan fingerprint density at radius 3 is 1.38 bits per heavy atom. The van der Waals surface area contributed by atoms with E-state index in [0.29, 0.717) is 37.3 Å². The summed E-state index contributed by atoms with van der Waals surface area (Å²) in [5, 5.41) is 5.97.